The second kappa shape index (κ2) is 10.8. The van der Waals surface area contributed by atoms with Gasteiger partial charge in [0.15, 0.2) is 0 Å². The maximum atomic E-state index is 12.9. The molecule has 0 aromatic carbocycles. The highest BCUT2D eigenvalue weighted by molar-refractivity contribution is 8.02. The van der Waals surface area contributed by atoms with Crippen molar-refractivity contribution in [3.05, 3.63) is 44.4 Å². The fourth-order valence-corrected chi connectivity index (χ4v) is 8.72. The molecule has 2 aliphatic heterocycles. The van der Waals surface area contributed by atoms with Crippen molar-refractivity contribution in [2.75, 3.05) is 11.5 Å². The van der Waals surface area contributed by atoms with E-state index in [0.29, 0.717) is 22.0 Å². The second-order valence-corrected chi connectivity index (χ2v) is 12.3. The first-order chi connectivity index (χ1) is 16.4. The van der Waals surface area contributed by atoms with Crippen molar-refractivity contribution in [2.45, 2.75) is 42.3 Å². The van der Waals surface area contributed by atoms with Gasteiger partial charge in [0.1, 0.15) is 33.2 Å². The van der Waals surface area contributed by atoms with Gasteiger partial charge in [0.2, 0.25) is 0 Å². The minimum atomic E-state index is -1.16. The van der Waals surface area contributed by atoms with E-state index in [-0.39, 0.29) is 21.8 Å². The Balaban J connectivity index is 1.49. The summed E-state index contributed by atoms with van der Waals surface area (Å²) in [5.74, 6) is -1.37. The van der Waals surface area contributed by atoms with Gasteiger partial charge in [-0.2, -0.15) is 0 Å². The van der Waals surface area contributed by atoms with Gasteiger partial charge >= 0.3 is 5.97 Å². The average molecular weight is 556 g/mol. The molecule has 180 valence electrons. The van der Waals surface area contributed by atoms with Gasteiger partial charge in [0.25, 0.3) is 11.8 Å². The monoisotopic (exact) mass is 555 g/mol. The Labute approximate surface area is 216 Å². The number of hydrogen-bond acceptors (Lipinski definition) is 9. The van der Waals surface area contributed by atoms with Crippen molar-refractivity contribution in [1.29, 1.82) is 0 Å². The molecule has 0 aliphatic carbocycles. The molecule has 4 rings (SSSR count). The Morgan fingerprint density at radius 1 is 1.32 bits per heavy atom. The summed E-state index contributed by atoms with van der Waals surface area (Å²) in [5, 5.41) is 14.8. The van der Waals surface area contributed by atoms with Crippen LogP contribution in [0.1, 0.15) is 29.4 Å². The topological polar surface area (TPSA) is 117 Å². The van der Waals surface area contributed by atoms with Gasteiger partial charge in [-0.15, -0.1) is 46.2 Å². The highest BCUT2D eigenvalue weighted by Gasteiger charge is 2.54. The molecule has 13 heteroatoms. The lowest BCUT2D eigenvalue weighted by Crippen LogP contribution is -2.71. The molecule has 0 saturated carbocycles. The molecule has 34 heavy (non-hydrogen) atoms. The lowest BCUT2D eigenvalue weighted by atomic mass is 10.0. The number of aromatic nitrogens is 1. The Morgan fingerprint density at radius 3 is 2.74 bits per heavy atom. The number of amides is 2. The van der Waals surface area contributed by atoms with E-state index in [4.69, 9.17) is 0 Å². The fraction of sp³-hybridized carbons (Fsp3) is 0.381. The van der Waals surface area contributed by atoms with E-state index < -0.39 is 29.2 Å². The molecular formula is C21H21N3O5S5. The van der Waals surface area contributed by atoms with E-state index in [1.54, 1.807) is 40.6 Å². The predicted molar refractivity (Wildman–Crippen MR) is 138 cm³/mol. The first-order valence-electron chi connectivity index (χ1n) is 10.4. The van der Waals surface area contributed by atoms with Crippen molar-refractivity contribution in [3.8, 4) is 0 Å². The van der Waals surface area contributed by atoms with Crippen molar-refractivity contribution in [1.82, 2.24) is 15.2 Å². The Bertz CT molecular complexity index is 1220. The normalized spacial score (nSPS) is 19.5. The quantitative estimate of drug-likeness (QED) is 0.210. The van der Waals surface area contributed by atoms with Crippen molar-refractivity contribution < 1.29 is 23.7 Å². The molecule has 2 aromatic heterocycles. The highest BCUT2D eigenvalue weighted by Crippen LogP contribution is 2.42. The van der Waals surface area contributed by atoms with Gasteiger partial charge in [0, 0.05) is 11.5 Å². The number of thioether (sulfide) groups is 2. The first-order valence-corrected chi connectivity index (χ1v) is 14.9. The van der Waals surface area contributed by atoms with E-state index in [2.05, 4.69) is 17.2 Å². The second-order valence-electron chi connectivity index (χ2n) is 7.35. The lowest BCUT2D eigenvalue weighted by molar-refractivity contribution is -0.150. The number of thiophene rings is 1. The van der Waals surface area contributed by atoms with E-state index in [0.717, 1.165) is 27.8 Å². The van der Waals surface area contributed by atoms with Crippen LogP contribution < -0.4 is 5.32 Å². The van der Waals surface area contributed by atoms with Crippen molar-refractivity contribution in [2.24, 2.45) is 0 Å². The number of nitrogens with one attached hydrogen (secondary N) is 1. The molecule has 2 aliphatic rings. The smallest absolute Gasteiger partial charge is 0.352 e. The fourth-order valence-electron chi connectivity index (χ4n) is 3.62. The van der Waals surface area contributed by atoms with Crippen LogP contribution in [0.4, 0.5) is 0 Å². The van der Waals surface area contributed by atoms with Crippen LogP contribution >= 0.6 is 46.2 Å². The zero-order valence-electron chi connectivity index (χ0n) is 18.2. The number of fused-ring (bicyclic) bond motifs is 1. The molecule has 1 saturated heterocycles. The molecule has 0 radical (unpaired) electrons. The third-order valence-corrected chi connectivity index (χ3v) is 10.9. The van der Waals surface area contributed by atoms with Crippen molar-refractivity contribution in [3.63, 3.8) is 0 Å². The summed E-state index contributed by atoms with van der Waals surface area (Å²) in [7, 11) is 0. The van der Waals surface area contributed by atoms with Crippen LogP contribution in [-0.4, -0.2) is 64.8 Å². The van der Waals surface area contributed by atoms with Crippen LogP contribution in [0.2, 0.25) is 0 Å². The standard InChI is InChI=1S/C21H21N3O5S5/c1-3-11-21(33-13(4-2)22-11)32-9-10-8-31-19-14(18(26)24(19)15(10)20(27)28)23-17(25)16(34-29)12-6-5-7-30-12/h5-7,14,19H,3-4,8-9H2,1-2H3,(H,23,25)(H,27,28)/t14?,19-/m1/s1. The zero-order chi connectivity index (χ0) is 24.4. The van der Waals surface area contributed by atoms with Crippen LogP contribution in [0.15, 0.2) is 33.0 Å². The maximum absolute atomic E-state index is 12.9. The Morgan fingerprint density at radius 2 is 2.12 bits per heavy atom. The zero-order valence-corrected chi connectivity index (χ0v) is 22.3. The number of carboxylic acids is 1. The Hall–Kier alpha value is -1.93. The number of aliphatic carboxylic acids is 1. The van der Waals surface area contributed by atoms with Gasteiger partial charge in [-0.05, 0) is 29.9 Å². The third-order valence-electron chi connectivity index (χ3n) is 5.29. The number of hydrogen-bond donors (Lipinski definition) is 2. The number of β-lactam (4-membered cyclic amide) rings is 1. The third kappa shape index (κ3) is 4.76. The largest absolute Gasteiger partial charge is 0.477 e. The summed E-state index contributed by atoms with van der Waals surface area (Å²) in [4.78, 5) is 44.1. The van der Waals surface area contributed by atoms with Gasteiger partial charge < -0.3 is 10.4 Å². The van der Waals surface area contributed by atoms with Crippen LogP contribution in [-0.2, 0) is 38.5 Å². The summed E-state index contributed by atoms with van der Waals surface area (Å²) in [6.45, 7) is 4.10. The van der Waals surface area contributed by atoms with Crippen LogP contribution in [0.25, 0.3) is 0 Å². The number of thiazole rings is 1. The predicted octanol–water partition coefficient (Wildman–Crippen LogP) is 2.59. The van der Waals surface area contributed by atoms with Crippen molar-refractivity contribution >= 4 is 80.1 Å². The molecule has 8 nitrogen and oxygen atoms in total. The molecule has 2 atom stereocenters. The van der Waals surface area contributed by atoms with Crippen LogP contribution in [0.3, 0.4) is 0 Å². The SMILES string of the molecule is CCc1nc(CC)c(SCC2=C(C(=O)O)N3C(=O)C(NC(=O)C(=S=O)c4cccs4)[C@H]3SC2)s1. The number of carbonyl (C=O) groups is 3. The number of rotatable bonds is 9. The maximum Gasteiger partial charge on any atom is 0.352 e. The van der Waals surface area contributed by atoms with Crippen LogP contribution in [0.5, 0.6) is 0 Å². The Kier molecular flexibility index (Phi) is 7.97. The minimum Gasteiger partial charge on any atom is -0.477 e. The average Bonchev–Trinajstić information content (AvgIpc) is 3.50. The highest BCUT2D eigenvalue weighted by atomic mass is 32.2. The van der Waals surface area contributed by atoms with E-state index in [1.165, 1.54) is 28.0 Å². The molecule has 0 bridgehead atoms. The summed E-state index contributed by atoms with van der Waals surface area (Å²) in [5.41, 5.74) is 1.68. The van der Waals surface area contributed by atoms with Gasteiger partial charge in [-0.1, -0.05) is 19.9 Å². The van der Waals surface area contributed by atoms with Gasteiger partial charge in [-0.3, -0.25) is 14.5 Å². The molecule has 0 spiro atoms. The molecule has 2 N–H and O–H groups in total. The van der Waals surface area contributed by atoms with E-state index in [9.17, 15) is 23.7 Å². The number of carbonyl (C=O) groups excluding carboxylic acids is 2. The number of aryl methyl sites for hydroxylation is 2. The van der Waals surface area contributed by atoms with Crippen LogP contribution in [0, 0.1) is 0 Å². The molecule has 2 amide bonds. The van der Waals surface area contributed by atoms with E-state index in [1.807, 2.05) is 6.92 Å². The summed E-state index contributed by atoms with van der Waals surface area (Å²) in [6.07, 6.45) is 1.66. The molecule has 1 unspecified atom stereocenters. The lowest BCUT2D eigenvalue weighted by Gasteiger charge is -2.49. The van der Waals surface area contributed by atoms with Gasteiger partial charge in [0.05, 0.1) is 19.8 Å². The van der Waals surface area contributed by atoms with Gasteiger partial charge in [-0.25, -0.2) is 14.0 Å². The van der Waals surface area contributed by atoms with E-state index >= 15 is 0 Å². The number of carboxylic acid groups (broad SMARTS) is 1. The first kappa shape index (κ1) is 25.2. The molecule has 1 fully saturated rings. The summed E-state index contributed by atoms with van der Waals surface area (Å²) < 4.78 is 12.6. The summed E-state index contributed by atoms with van der Waals surface area (Å²) >= 11 is 5.95. The minimum absolute atomic E-state index is 0.00381. The molecular weight excluding hydrogens is 535 g/mol. The molecule has 4 heterocycles. The molecule has 2 aromatic rings. The summed E-state index contributed by atoms with van der Waals surface area (Å²) in [6, 6.07) is 2.53. The number of nitrogens with zero attached hydrogens (tertiary/aromatic N) is 2.